The van der Waals surface area contributed by atoms with Gasteiger partial charge in [-0.1, -0.05) is 0 Å². The lowest BCUT2D eigenvalue weighted by Crippen LogP contribution is -2.56. The fraction of sp³-hybridized carbons (Fsp3) is 0.611. The van der Waals surface area contributed by atoms with Crippen molar-refractivity contribution >= 4 is 5.91 Å². The van der Waals surface area contributed by atoms with Gasteiger partial charge in [0.25, 0.3) is 5.91 Å². The van der Waals surface area contributed by atoms with Crippen LogP contribution in [0.5, 0.6) is 17.2 Å². The number of amides is 1. The van der Waals surface area contributed by atoms with E-state index in [0.717, 1.165) is 12.8 Å². The molecule has 3 aliphatic heterocycles. The summed E-state index contributed by atoms with van der Waals surface area (Å²) in [4.78, 5) is 14.2. The number of hydrogen-bond donors (Lipinski definition) is 1. The third kappa shape index (κ3) is 3.26. The minimum Gasteiger partial charge on any atom is -0.484 e. The maximum atomic E-state index is 12.4. The zero-order valence-corrected chi connectivity index (χ0v) is 14.1. The van der Waals surface area contributed by atoms with Crippen molar-refractivity contribution in [3.63, 3.8) is 0 Å². The SMILES string of the molecule is O=C(COc1ccc2c(c1)OCO2)N1CCC2(CC1)OCCC[C@@H]2O. The van der Waals surface area contributed by atoms with Gasteiger partial charge in [-0.2, -0.15) is 0 Å². The molecule has 0 radical (unpaired) electrons. The first-order valence-corrected chi connectivity index (χ1v) is 8.79. The minimum absolute atomic E-state index is 0.0178. The van der Waals surface area contributed by atoms with Crippen LogP contribution in [0.2, 0.25) is 0 Å². The van der Waals surface area contributed by atoms with Crippen LogP contribution in [-0.2, 0) is 9.53 Å². The van der Waals surface area contributed by atoms with Gasteiger partial charge in [-0.15, -0.1) is 0 Å². The average molecular weight is 349 g/mol. The highest BCUT2D eigenvalue weighted by molar-refractivity contribution is 5.78. The average Bonchev–Trinajstić information content (AvgIpc) is 3.11. The molecule has 1 aromatic rings. The zero-order chi connectivity index (χ0) is 17.3. The van der Waals surface area contributed by atoms with Crippen LogP contribution in [0.15, 0.2) is 18.2 Å². The number of likely N-dealkylation sites (tertiary alicyclic amines) is 1. The van der Waals surface area contributed by atoms with Crippen molar-refractivity contribution in [1.29, 1.82) is 0 Å². The van der Waals surface area contributed by atoms with Crippen LogP contribution in [0, 0.1) is 0 Å². The van der Waals surface area contributed by atoms with Crippen LogP contribution in [-0.4, -0.2) is 60.7 Å². The number of fused-ring (bicyclic) bond motifs is 1. The Morgan fingerprint density at radius 2 is 2.08 bits per heavy atom. The zero-order valence-electron chi connectivity index (χ0n) is 14.1. The van der Waals surface area contributed by atoms with Gasteiger partial charge in [0.1, 0.15) is 5.75 Å². The minimum atomic E-state index is -0.465. The summed E-state index contributed by atoms with van der Waals surface area (Å²) in [7, 11) is 0. The molecule has 1 amide bonds. The van der Waals surface area contributed by atoms with Gasteiger partial charge in [0.05, 0.1) is 11.7 Å². The van der Waals surface area contributed by atoms with Gasteiger partial charge in [0.2, 0.25) is 6.79 Å². The largest absolute Gasteiger partial charge is 0.484 e. The lowest BCUT2D eigenvalue weighted by atomic mass is 9.82. The third-order valence-corrected chi connectivity index (χ3v) is 5.29. The summed E-state index contributed by atoms with van der Waals surface area (Å²) in [5.74, 6) is 1.84. The van der Waals surface area contributed by atoms with Gasteiger partial charge < -0.3 is 29.0 Å². The second kappa shape index (κ2) is 6.72. The fourth-order valence-electron chi connectivity index (χ4n) is 3.73. The number of aliphatic hydroxyl groups is 1. The van der Waals surface area contributed by atoms with E-state index < -0.39 is 11.7 Å². The van der Waals surface area contributed by atoms with Gasteiger partial charge >= 0.3 is 0 Å². The van der Waals surface area contributed by atoms with Crippen LogP contribution in [0.1, 0.15) is 25.7 Å². The molecule has 0 aromatic heterocycles. The Morgan fingerprint density at radius 1 is 1.28 bits per heavy atom. The number of carbonyl (C=O) groups is 1. The molecular weight excluding hydrogens is 326 g/mol. The number of nitrogens with zero attached hydrogens (tertiary/aromatic N) is 1. The van der Waals surface area contributed by atoms with E-state index in [9.17, 15) is 9.90 Å². The van der Waals surface area contributed by atoms with E-state index in [0.29, 0.717) is 49.8 Å². The summed E-state index contributed by atoms with van der Waals surface area (Å²) in [5.41, 5.74) is -0.465. The van der Waals surface area contributed by atoms with Crippen LogP contribution in [0.4, 0.5) is 0 Å². The van der Waals surface area contributed by atoms with E-state index in [1.165, 1.54) is 0 Å². The van der Waals surface area contributed by atoms with Crippen LogP contribution in [0.3, 0.4) is 0 Å². The third-order valence-electron chi connectivity index (χ3n) is 5.29. The smallest absolute Gasteiger partial charge is 0.260 e. The van der Waals surface area contributed by atoms with E-state index in [1.54, 1.807) is 23.1 Å². The van der Waals surface area contributed by atoms with Crippen molar-refractivity contribution in [3.05, 3.63) is 18.2 Å². The van der Waals surface area contributed by atoms with E-state index in [2.05, 4.69) is 0 Å². The molecule has 1 spiro atoms. The maximum Gasteiger partial charge on any atom is 0.260 e. The summed E-state index contributed by atoms with van der Waals surface area (Å²) < 4.78 is 22.0. The Hall–Kier alpha value is -1.99. The fourth-order valence-corrected chi connectivity index (χ4v) is 3.73. The second-order valence-corrected chi connectivity index (χ2v) is 6.76. The summed E-state index contributed by atoms with van der Waals surface area (Å²) in [6.45, 7) is 2.05. The molecule has 3 aliphatic rings. The Kier molecular flexibility index (Phi) is 4.43. The van der Waals surface area contributed by atoms with E-state index in [1.807, 2.05) is 0 Å². The number of piperidine rings is 1. The molecule has 2 saturated heterocycles. The number of hydrogen-bond acceptors (Lipinski definition) is 6. The number of carbonyl (C=O) groups excluding carboxylic acids is 1. The molecule has 0 bridgehead atoms. The number of ether oxygens (including phenoxy) is 4. The summed E-state index contributed by atoms with van der Waals surface area (Å²) >= 11 is 0. The Morgan fingerprint density at radius 3 is 2.88 bits per heavy atom. The number of rotatable bonds is 3. The predicted octanol–water partition coefficient (Wildman–Crippen LogP) is 1.33. The molecule has 0 aliphatic carbocycles. The molecule has 7 heteroatoms. The molecule has 25 heavy (non-hydrogen) atoms. The molecule has 136 valence electrons. The molecule has 2 fully saturated rings. The van der Waals surface area contributed by atoms with Gasteiger partial charge in [-0.25, -0.2) is 0 Å². The van der Waals surface area contributed by atoms with Gasteiger partial charge in [-0.3, -0.25) is 4.79 Å². The Labute approximate surface area is 146 Å². The first-order chi connectivity index (χ1) is 12.2. The topological polar surface area (TPSA) is 77.5 Å². The number of aliphatic hydroxyl groups excluding tert-OH is 1. The standard InChI is InChI=1S/C18H23NO6/c20-16-2-1-9-25-18(16)5-7-19(8-6-18)17(21)11-22-13-3-4-14-15(10-13)24-12-23-14/h3-4,10,16,20H,1-2,5-9,11-12H2/t16-/m0/s1. The van der Waals surface area contributed by atoms with Crippen LogP contribution in [0.25, 0.3) is 0 Å². The monoisotopic (exact) mass is 349 g/mol. The molecule has 7 nitrogen and oxygen atoms in total. The van der Waals surface area contributed by atoms with E-state index in [4.69, 9.17) is 18.9 Å². The van der Waals surface area contributed by atoms with Gasteiger partial charge in [0.15, 0.2) is 18.1 Å². The predicted molar refractivity (Wildman–Crippen MR) is 87.8 cm³/mol. The maximum absolute atomic E-state index is 12.4. The van der Waals surface area contributed by atoms with Crippen molar-refractivity contribution in [1.82, 2.24) is 4.90 Å². The Balaban J connectivity index is 1.29. The molecule has 3 heterocycles. The molecule has 1 aromatic carbocycles. The highest BCUT2D eigenvalue weighted by atomic mass is 16.7. The molecular formula is C18H23NO6. The number of benzene rings is 1. The van der Waals surface area contributed by atoms with Gasteiger partial charge in [-0.05, 0) is 37.8 Å². The van der Waals surface area contributed by atoms with Crippen molar-refractivity contribution < 1.29 is 28.8 Å². The van der Waals surface area contributed by atoms with Crippen molar-refractivity contribution in [3.8, 4) is 17.2 Å². The molecule has 1 atom stereocenters. The lowest BCUT2D eigenvalue weighted by Gasteiger charge is -2.46. The van der Waals surface area contributed by atoms with E-state index >= 15 is 0 Å². The Bertz CT molecular complexity index is 640. The summed E-state index contributed by atoms with van der Waals surface area (Å²) in [6.07, 6.45) is 2.59. The van der Waals surface area contributed by atoms with E-state index in [-0.39, 0.29) is 19.3 Å². The first kappa shape index (κ1) is 16.5. The van der Waals surface area contributed by atoms with Crippen LogP contribution < -0.4 is 14.2 Å². The highest BCUT2D eigenvalue weighted by Gasteiger charge is 2.44. The first-order valence-electron chi connectivity index (χ1n) is 8.79. The quantitative estimate of drug-likeness (QED) is 0.887. The molecule has 1 N–H and O–H groups in total. The molecule has 0 unspecified atom stereocenters. The summed E-state index contributed by atoms with van der Waals surface area (Å²) in [5, 5.41) is 10.3. The molecule has 4 rings (SSSR count). The second-order valence-electron chi connectivity index (χ2n) is 6.76. The van der Waals surface area contributed by atoms with Crippen molar-refractivity contribution in [2.75, 3.05) is 33.1 Å². The van der Waals surface area contributed by atoms with Crippen molar-refractivity contribution in [2.45, 2.75) is 37.4 Å². The summed E-state index contributed by atoms with van der Waals surface area (Å²) in [6, 6.07) is 5.26. The lowest BCUT2D eigenvalue weighted by molar-refractivity contribution is -0.180. The normalized spacial score (nSPS) is 24.4. The van der Waals surface area contributed by atoms with Gasteiger partial charge in [0, 0.05) is 25.8 Å². The highest BCUT2D eigenvalue weighted by Crippen LogP contribution is 2.36. The molecule has 0 saturated carbocycles. The van der Waals surface area contributed by atoms with Crippen molar-refractivity contribution in [2.24, 2.45) is 0 Å². The van der Waals surface area contributed by atoms with Crippen LogP contribution >= 0.6 is 0 Å².